The Bertz CT molecular complexity index is 1020. The number of aliphatic hydroxyl groups excluding tert-OH is 1. The van der Waals surface area contributed by atoms with Crippen LogP contribution in [0.3, 0.4) is 0 Å². The summed E-state index contributed by atoms with van der Waals surface area (Å²) in [6.45, 7) is 5.26. The van der Waals surface area contributed by atoms with E-state index in [1.165, 1.54) is 23.2 Å². The Balaban J connectivity index is 1.71. The van der Waals surface area contributed by atoms with Crippen LogP contribution >= 0.6 is 11.3 Å². The van der Waals surface area contributed by atoms with Crippen LogP contribution in [0.15, 0.2) is 29.2 Å². The van der Waals surface area contributed by atoms with Crippen LogP contribution < -0.4 is 4.57 Å². The van der Waals surface area contributed by atoms with Gasteiger partial charge in [0.1, 0.15) is 18.4 Å². The lowest BCUT2D eigenvalue weighted by atomic mass is 9.78. The van der Waals surface area contributed by atoms with Gasteiger partial charge in [0.05, 0.1) is 18.1 Å². The number of nitrogens with zero attached hydrogens (tertiary/aromatic N) is 3. The molecular weight excluding hydrogens is 370 g/mol. The maximum Gasteiger partial charge on any atom is 0.352 e. The van der Waals surface area contributed by atoms with Gasteiger partial charge in [0.15, 0.2) is 11.5 Å². The highest BCUT2D eigenvalue weighted by Gasteiger charge is 2.60. The van der Waals surface area contributed by atoms with Crippen molar-refractivity contribution >= 4 is 33.8 Å². The van der Waals surface area contributed by atoms with E-state index in [1.54, 1.807) is 23.0 Å². The molecule has 4 heterocycles. The first kappa shape index (κ1) is 17.9. The fourth-order valence-electron chi connectivity index (χ4n) is 4.27. The van der Waals surface area contributed by atoms with Crippen molar-refractivity contribution in [3.05, 3.63) is 34.9 Å². The summed E-state index contributed by atoms with van der Waals surface area (Å²) in [4.78, 5) is 38.2. The molecule has 0 aromatic carbocycles. The van der Waals surface area contributed by atoms with Crippen molar-refractivity contribution in [3.63, 3.8) is 0 Å². The summed E-state index contributed by atoms with van der Waals surface area (Å²) < 4.78 is 3.62. The Morgan fingerprint density at radius 1 is 1.41 bits per heavy atom. The molecule has 0 spiro atoms. The molecule has 1 amide bonds. The summed E-state index contributed by atoms with van der Waals surface area (Å²) in [6, 6.07) is -0.323. The topological polar surface area (TPSA) is 103 Å². The van der Waals surface area contributed by atoms with Gasteiger partial charge in [-0.2, -0.15) is 4.40 Å². The molecule has 0 unspecified atom stereocenters. The highest BCUT2D eigenvalue weighted by atomic mass is 32.1. The quantitative estimate of drug-likeness (QED) is 0.444. The smallest absolute Gasteiger partial charge is 0.352 e. The molecule has 2 aliphatic rings. The summed E-state index contributed by atoms with van der Waals surface area (Å²) in [6.07, 6.45) is 2.81. The van der Waals surface area contributed by atoms with E-state index in [-0.39, 0.29) is 29.3 Å². The molecule has 142 valence electrons. The van der Waals surface area contributed by atoms with Gasteiger partial charge in [-0.1, -0.05) is 18.3 Å². The molecule has 2 aromatic rings. The van der Waals surface area contributed by atoms with Gasteiger partial charge < -0.3 is 15.1 Å². The number of carbonyl (C=O) groups is 3. The minimum atomic E-state index is -1.14. The number of imidazole rings is 1. The number of aliphatic hydroxyl groups is 1. The van der Waals surface area contributed by atoms with Crippen LogP contribution in [0.2, 0.25) is 0 Å². The second-order valence-electron chi connectivity index (χ2n) is 7.24. The lowest BCUT2D eigenvalue weighted by Gasteiger charge is -2.46. The average Bonchev–Trinajstić information content (AvgIpc) is 3.19. The Morgan fingerprint density at radius 3 is 2.70 bits per heavy atom. The normalized spacial score (nSPS) is 25.7. The first-order valence-electron chi connectivity index (χ1n) is 8.69. The maximum atomic E-state index is 12.4. The van der Waals surface area contributed by atoms with Crippen LogP contribution in [0.25, 0.3) is 4.83 Å². The Hall–Kier alpha value is -2.52. The van der Waals surface area contributed by atoms with E-state index in [4.69, 9.17) is 0 Å². The van der Waals surface area contributed by atoms with Crippen LogP contribution in [0.5, 0.6) is 0 Å². The Labute approximate surface area is 158 Å². The first-order valence-corrected chi connectivity index (χ1v) is 9.57. The molecule has 4 rings (SSSR count). The van der Waals surface area contributed by atoms with Gasteiger partial charge in [0, 0.05) is 23.8 Å². The Kier molecular flexibility index (Phi) is 3.97. The molecule has 8 nitrogen and oxygen atoms in total. The van der Waals surface area contributed by atoms with E-state index in [2.05, 4.69) is 0 Å². The van der Waals surface area contributed by atoms with Crippen molar-refractivity contribution in [1.29, 1.82) is 0 Å². The van der Waals surface area contributed by atoms with Crippen molar-refractivity contribution < 1.29 is 29.2 Å². The van der Waals surface area contributed by atoms with E-state index in [0.717, 1.165) is 4.83 Å². The summed E-state index contributed by atoms with van der Waals surface area (Å²) in [5.74, 6) is -2.26. The molecule has 1 fully saturated rings. The van der Waals surface area contributed by atoms with Crippen molar-refractivity contribution in [1.82, 2.24) is 9.30 Å². The van der Waals surface area contributed by atoms with E-state index in [0.29, 0.717) is 17.8 Å². The number of thiazole rings is 1. The SMILES string of the molecule is CC(=O)c1csc2c[n+](CC3=C(C(=O)O)N4C(=O)[C@H]([C@@H](C)O)[C@H]4[C@H]3C)cn12. The van der Waals surface area contributed by atoms with Gasteiger partial charge >= 0.3 is 5.97 Å². The van der Waals surface area contributed by atoms with Gasteiger partial charge in [-0.05, 0) is 6.92 Å². The minimum Gasteiger partial charge on any atom is -0.477 e. The van der Waals surface area contributed by atoms with Crippen molar-refractivity contribution in [2.45, 2.75) is 39.5 Å². The number of amides is 1. The fourth-order valence-corrected chi connectivity index (χ4v) is 5.24. The first-order chi connectivity index (χ1) is 12.7. The molecule has 0 bridgehead atoms. The molecule has 2 aromatic heterocycles. The lowest BCUT2D eigenvalue weighted by molar-refractivity contribution is -0.688. The van der Waals surface area contributed by atoms with Crippen molar-refractivity contribution in [3.8, 4) is 0 Å². The number of hydrogen-bond donors (Lipinski definition) is 2. The van der Waals surface area contributed by atoms with Gasteiger partial charge in [0.2, 0.25) is 10.7 Å². The number of hydrogen-bond acceptors (Lipinski definition) is 5. The van der Waals surface area contributed by atoms with E-state index >= 15 is 0 Å². The summed E-state index contributed by atoms with van der Waals surface area (Å²) in [5.41, 5.74) is 1.24. The Morgan fingerprint density at radius 2 is 2.11 bits per heavy atom. The third kappa shape index (κ3) is 2.45. The highest BCUT2D eigenvalue weighted by molar-refractivity contribution is 7.15. The molecule has 4 atom stereocenters. The van der Waals surface area contributed by atoms with Gasteiger partial charge in [0.25, 0.3) is 6.33 Å². The number of carboxylic acid groups (broad SMARTS) is 1. The molecular formula is C18H20N3O5S+. The number of Topliss-reactive ketones (excluding diaryl/α,β-unsaturated/α-hetero) is 1. The third-order valence-corrected chi connectivity index (χ3v) is 6.44. The van der Waals surface area contributed by atoms with Gasteiger partial charge in [-0.3, -0.25) is 9.59 Å². The fraction of sp³-hybridized carbons (Fsp3) is 0.444. The van der Waals surface area contributed by atoms with Crippen LogP contribution in [0, 0.1) is 11.8 Å². The number of carboxylic acids is 1. The summed E-state index contributed by atoms with van der Waals surface area (Å²) in [5, 5.41) is 21.4. The number of aromatic nitrogens is 2. The van der Waals surface area contributed by atoms with Gasteiger partial charge in [-0.15, -0.1) is 0 Å². The molecule has 0 radical (unpaired) electrons. The third-order valence-electron chi connectivity index (χ3n) is 5.56. The van der Waals surface area contributed by atoms with Crippen LogP contribution in [0.4, 0.5) is 0 Å². The number of fused-ring (bicyclic) bond motifs is 2. The van der Waals surface area contributed by atoms with Crippen LogP contribution in [-0.4, -0.2) is 49.3 Å². The molecule has 9 heteroatoms. The average molecular weight is 390 g/mol. The second kappa shape index (κ2) is 6.00. The van der Waals surface area contributed by atoms with Crippen molar-refractivity contribution in [2.24, 2.45) is 11.8 Å². The monoisotopic (exact) mass is 390 g/mol. The number of carbonyl (C=O) groups excluding carboxylic acids is 2. The number of ketones is 1. The lowest BCUT2D eigenvalue weighted by Crippen LogP contribution is -2.63. The molecule has 1 saturated heterocycles. The van der Waals surface area contributed by atoms with E-state index in [9.17, 15) is 24.6 Å². The van der Waals surface area contributed by atoms with E-state index < -0.39 is 18.0 Å². The number of rotatable bonds is 5. The van der Waals surface area contributed by atoms with Crippen molar-refractivity contribution in [2.75, 3.05) is 0 Å². The highest BCUT2D eigenvalue weighted by Crippen LogP contribution is 2.47. The van der Waals surface area contributed by atoms with Crippen LogP contribution in [0.1, 0.15) is 31.3 Å². The molecule has 0 saturated carbocycles. The maximum absolute atomic E-state index is 12.4. The van der Waals surface area contributed by atoms with Crippen LogP contribution in [-0.2, 0) is 16.1 Å². The molecule has 0 aliphatic carbocycles. The summed E-state index contributed by atoms with van der Waals surface area (Å²) >= 11 is 1.44. The van der Waals surface area contributed by atoms with Gasteiger partial charge in [-0.25, -0.2) is 9.36 Å². The zero-order valence-corrected chi connectivity index (χ0v) is 15.9. The molecule has 27 heavy (non-hydrogen) atoms. The van der Waals surface area contributed by atoms with E-state index in [1.807, 2.05) is 17.7 Å². The standard InChI is InChI=1S/C18H19N3O5S/c1-8-11(4-19-5-13-20(7-19)12(6-27-13)9(2)22)16(18(25)26)21-15(8)14(10(3)23)17(21)24/h5-8,10,14-15,23H,4H2,1-3H3/p+1/t8-,10+,14+,15+/m0/s1. The number of aliphatic carboxylic acids is 1. The minimum absolute atomic E-state index is 0.0169. The predicted octanol–water partition coefficient (Wildman–Crippen LogP) is 0.687. The molecule has 2 N–H and O–H groups in total. The zero-order valence-electron chi connectivity index (χ0n) is 15.1. The second-order valence-corrected chi connectivity index (χ2v) is 8.12. The number of β-lactam (4-membered cyclic amide) rings is 1. The summed E-state index contributed by atoms with van der Waals surface area (Å²) in [7, 11) is 0. The predicted molar refractivity (Wildman–Crippen MR) is 95.1 cm³/mol. The zero-order chi connectivity index (χ0) is 19.6. The molecule has 2 aliphatic heterocycles. The largest absolute Gasteiger partial charge is 0.477 e.